The van der Waals surface area contributed by atoms with Crippen molar-refractivity contribution < 1.29 is 23.8 Å². The van der Waals surface area contributed by atoms with Crippen LogP contribution in [0, 0.1) is 17.7 Å². The number of unbranched alkanes of at least 4 members (excludes halogenated alkanes) is 1. The molecule has 2 aliphatic rings. The van der Waals surface area contributed by atoms with Crippen LogP contribution in [0.5, 0.6) is 0 Å². The minimum atomic E-state index is -0.751. The fourth-order valence-electron chi connectivity index (χ4n) is 4.21. The molecule has 2 heterocycles. The van der Waals surface area contributed by atoms with Crippen molar-refractivity contribution in [3.63, 3.8) is 0 Å². The first kappa shape index (κ1) is 21.7. The number of halogens is 1. The molecule has 0 aliphatic carbocycles. The normalized spacial score (nSPS) is 25.4. The zero-order valence-corrected chi connectivity index (χ0v) is 17.2. The van der Waals surface area contributed by atoms with Crippen LogP contribution < -0.4 is 5.32 Å². The summed E-state index contributed by atoms with van der Waals surface area (Å²) in [5.74, 6) is -0.324. The van der Waals surface area contributed by atoms with Gasteiger partial charge in [-0.1, -0.05) is 24.3 Å². The number of carboxylic acids is 1. The Morgan fingerprint density at radius 3 is 2.86 bits per heavy atom. The van der Waals surface area contributed by atoms with Gasteiger partial charge in [-0.2, -0.15) is 0 Å². The van der Waals surface area contributed by atoms with Crippen LogP contribution in [0.4, 0.5) is 4.39 Å². The van der Waals surface area contributed by atoms with Crippen LogP contribution in [-0.2, 0) is 20.8 Å². The van der Waals surface area contributed by atoms with Gasteiger partial charge in [0.25, 0.3) is 5.17 Å². The van der Waals surface area contributed by atoms with Gasteiger partial charge in [-0.3, -0.25) is 4.79 Å². The average molecular weight is 422 g/mol. The van der Waals surface area contributed by atoms with Crippen molar-refractivity contribution in [2.45, 2.75) is 57.3 Å². The van der Waals surface area contributed by atoms with E-state index in [1.165, 1.54) is 12.1 Å². The van der Waals surface area contributed by atoms with Gasteiger partial charge >= 0.3 is 5.97 Å². The SMILES string of the molecule is O=C(O)CCCC=CC[C@@H]1[C@H](COC(=S)NCc2cccc(F)c2)[C@@H]2CC[C@H]1O2. The predicted molar refractivity (Wildman–Crippen MR) is 112 cm³/mol. The molecule has 158 valence electrons. The summed E-state index contributed by atoms with van der Waals surface area (Å²) < 4.78 is 25.1. The maximum atomic E-state index is 13.2. The molecule has 1 aromatic rings. The molecule has 0 spiro atoms. The number of carboxylic acid groups (broad SMARTS) is 1. The van der Waals surface area contributed by atoms with Crippen molar-refractivity contribution in [2.24, 2.45) is 11.8 Å². The summed E-state index contributed by atoms with van der Waals surface area (Å²) in [4.78, 5) is 10.6. The van der Waals surface area contributed by atoms with E-state index >= 15 is 0 Å². The maximum absolute atomic E-state index is 13.2. The molecule has 7 heteroatoms. The largest absolute Gasteiger partial charge is 0.481 e. The number of hydrogen-bond donors (Lipinski definition) is 2. The smallest absolute Gasteiger partial charge is 0.303 e. The van der Waals surface area contributed by atoms with Crippen molar-refractivity contribution in [1.29, 1.82) is 0 Å². The van der Waals surface area contributed by atoms with Gasteiger partial charge in [0.05, 0.1) is 18.8 Å². The van der Waals surface area contributed by atoms with E-state index in [1.54, 1.807) is 6.07 Å². The molecule has 0 radical (unpaired) electrons. The van der Waals surface area contributed by atoms with E-state index in [0.717, 1.165) is 31.2 Å². The number of thiocarbonyl (C=S) groups is 1. The van der Waals surface area contributed by atoms with Crippen LogP contribution in [0.2, 0.25) is 0 Å². The summed E-state index contributed by atoms with van der Waals surface area (Å²) in [6.07, 6.45) is 9.40. The van der Waals surface area contributed by atoms with Gasteiger partial charge in [-0.05, 0) is 67.9 Å². The zero-order chi connectivity index (χ0) is 20.6. The fraction of sp³-hybridized carbons (Fsp3) is 0.545. The highest BCUT2D eigenvalue weighted by molar-refractivity contribution is 7.80. The molecule has 0 unspecified atom stereocenters. The van der Waals surface area contributed by atoms with E-state index in [9.17, 15) is 9.18 Å². The lowest BCUT2D eigenvalue weighted by atomic mass is 9.78. The molecule has 0 amide bonds. The third-order valence-electron chi connectivity index (χ3n) is 5.66. The van der Waals surface area contributed by atoms with Crippen LogP contribution in [0.1, 0.15) is 44.1 Å². The number of benzene rings is 1. The van der Waals surface area contributed by atoms with Crippen molar-refractivity contribution in [2.75, 3.05) is 6.61 Å². The van der Waals surface area contributed by atoms with Crippen LogP contribution >= 0.6 is 12.2 Å². The standard InChI is InChI=1S/C22H28FNO4S/c23-16-7-5-6-15(12-16)13-24-22(29)27-14-18-17(19-10-11-20(18)28-19)8-3-1-2-4-9-21(25)26/h1,3,5-7,12,17-20H,2,4,8-11,13-14H2,(H,24,29)(H,25,26)/t17-,18+,19-,20+/m1/s1. The predicted octanol–water partition coefficient (Wildman–Crippen LogP) is 4.21. The van der Waals surface area contributed by atoms with E-state index in [0.29, 0.717) is 36.6 Å². The van der Waals surface area contributed by atoms with Gasteiger partial charge in [0.1, 0.15) is 5.82 Å². The first-order valence-corrected chi connectivity index (χ1v) is 10.6. The first-order chi connectivity index (χ1) is 14.0. The molecule has 2 saturated heterocycles. The quantitative estimate of drug-likeness (QED) is 0.335. The second-order valence-corrected chi connectivity index (χ2v) is 8.06. The van der Waals surface area contributed by atoms with E-state index in [4.69, 9.17) is 26.8 Å². The molecule has 1 aromatic carbocycles. The lowest BCUT2D eigenvalue weighted by Crippen LogP contribution is -2.33. The summed E-state index contributed by atoms with van der Waals surface area (Å²) in [7, 11) is 0. The number of rotatable bonds is 10. The van der Waals surface area contributed by atoms with Gasteiger partial charge in [0.15, 0.2) is 0 Å². The van der Waals surface area contributed by atoms with Crippen molar-refractivity contribution >= 4 is 23.4 Å². The van der Waals surface area contributed by atoms with Gasteiger partial charge in [-0.25, -0.2) is 4.39 Å². The van der Waals surface area contributed by atoms with Crippen LogP contribution in [0.15, 0.2) is 36.4 Å². The minimum absolute atomic E-state index is 0.206. The molecule has 0 saturated carbocycles. The van der Waals surface area contributed by atoms with Crippen molar-refractivity contribution in [3.05, 3.63) is 47.8 Å². The number of aliphatic carboxylic acids is 1. The van der Waals surface area contributed by atoms with Crippen molar-refractivity contribution in [1.82, 2.24) is 5.32 Å². The highest BCUT2D eigenvalue weighted by Gasteiger charge is 2.48. The summed E-state index contributed by atoms with van der Waals surface area (Å²) in [6.45, 7) is 0.931. The van der Waals surface area contributed by atoms with Gasteiger partial charge in [0.2, 0.25) is 0 Å². The second-order valence-electron chi connectivity index (χ2n) is 7.69. The fourth-order valence-corrected chi connectivity index (χ4v) is 4.35. The first-order valence-electron chi connectivity index (χ1n) is 10.2. The Balaban J connectivity index is 1.41. The molecule has 3 rings (SSSR count). The van der Waals surface area contributed by atoms with Crippen LogP contribution in [0.3, 0.4) is 0 Å². The van der Waals surface area contributed by atoms with Crippen molar-refractivity contribution in [3.8, 4) is 0 Å². The summed E-state index contributed by atoms with van der Waals surface area (Å²) >= 11 is 5.27. The number of nitrogens with one attached hydrogen (secondary N) is 1. The molecule has 4 atom stereocenters. The summed E-state index contributed by atoms with van der Waals surface area (Å²) in [5, 5.41) is 12.0. The molecular formula is C22H28FNO4S. The number of ether oxygens (including phenoxy) is 2. The van der Waals surface area contributed by atoms with E-state index < -0.39 is 5.97 Å². The summed E-state index contributed by atoms with van der Waals surface area (Å²) in [5.41, 5.74) is 0.810. The van der Waals surface area contributed by atoms with E-state index in [-0.39, 0.29) is 24.4 Å². The third kappa shape index (κ3) is 6.51. The minimum Gasteiger partial charge on any atom is -0.481 e. The monoisotopic (exact) mass is 421 g/mol. The van der Waals surface area contributed by atoms with Gasteiger partial charge in [0, 0.05) is 18.9 Å². The second kappa shape index (κ2) is 10.7. The molecular weight excluding hydrogens is 393 g/mol. The molecule has 29 heavy (non-hydrogen) atoms. The van der Waals surface area contributed by atoms with E-state index in [2.05, 4.69) is 17.5 Å². The average Bonchev–Trinajstić information content (AvgIpc) is 3.29. The highest BCUT2D eigenvalue weighted by atomic mass is 32.1. The van der Waals surface area contributed by atoms with Gasteiger partial charge in [-0.15, -0.1) is 0 Å². The zero-order valence-electron chi connectivity index (χ0n) is 16.4. The molecule has 2 aliphatic heterocycles. The van der Waals surface area contributed by atoms with E-state index in [1.807, 2.05) is 6.07 Å². The lowest BCUT2D eigenvalue weighted by Gasteiger charge is -2.27. The Bertz CT molecular complexity index is 741. The Kier molecular flexibility index (Phi) is 8.00. The Morgan fingerprint density at radius 2 is 2.10 bits per heavy atom. The number of carbonyl (C=O) groups is 1. The molecule has 5 nitrogen and oxygen atoms in total. The highest BCUT2D eigenvalue weighted by Crippen LogP contribution is 2.45. The topological polar surface area (TPSA) is 67.8 Å². The Labute approximate surface area is 176 Å². The number of fused-ring (bicyclic) bond motifs is 2. The number of allylic oxidation sites excluding steroid dienone is 2. The molecule has 2 N–H and O–H groups in total. The van der Waals surface area contributed by atoms with Gasteiger partial charge < -0.3 is 19.9 Å². The van der Waals surface area contributed by atoms with Crippen LogP contribution in [-0.4, -0.2) is 35.1 Å². The number of hydrogen-bond acceptors (Lipinski definition) is 4. The third-order valence-corrected chi connectivity index (χ3v) is 5.92. The maximum Gasteiger partial charge on any atom is 0.303 e. The Morgan fingerprint density at radius 1 is 1.31 bits per heavy atom. The molecule has 2 bridgehead atoms. The molecule has 2 fully saturated rings. The summed E-state index contributed by atoms with van der Waals surface area (Å²) in [6, 6.07) is 6.39. The van der Waals surface area contributed by atoms with Crippen LogP contribution in [0.25, 0.3) is 0 Å². The lowest BCUT2D eigenvalue weighted by molar-refractivity contribution is -0.137. The molecule has 0 aromatic heterocycles. The Hall–Kier alpha value is -1.99.